The van der Waals surface area contributed by atoms with Crippen LogP contribution in [0.4, 0.5) is 40.8 Å². The van der Waals surface area contributed by atoms with Crippen molar-refractivity contribution in [2.45, 2.75) is 125 Å². The molecule has 4 N–H and O–H groups in total. The molecule has 0 amide bonds. The maximum atomic E-state index is 15.1. The molecule has 0 saturated carbocycles. The predicted molar refractivity (Wildman–Crippen MR) is 524 cm³/mol. The van der Waals surface area contributed by atoms with Gasteiger partial charge in [0.1, 0.15) is 5.15 Å². The molecule has 8 aromatic heterocycles. The number of carbonyl (C=O) groups excluding carboxylic acids is 3. The molecule has 45 heteroatoms. The Bertz CT molecular complexity index is 6730. The van der Waals surface area contributed by atoms with Gasteiger partial charge in [0.15, 0.2) is 40.7 Å². The van der Waals surface area contributed by atoms with Crippen molar-refractivity contribution in [3.63, 3.8) is 0 Å². The topological polar surface area (TPSA) is 295 Å². The Morgan fingerprint density at radius 3 is 1.46 bits per heavy atom. The zero-order chi connectivity index (χ0) is 96.9. The second kappa shape index (κ2) is 59.5. The van der Waals surface area contributed by atoms with Crippen LogP contribution in [0.2, 0.25) is 30.3 Å². The number of aromatic nitrogens is 12. The first-order chi connectivity index (χ1) is 63.9. The molecule has 0 unspecified atom stereocenters. The maximum Gasteiger partial charge on any atom is 2.00 e. The Hall–Kier alpha value is -9.26. The molecule has 1 aliphatic rings. The SMILES string of the molecule is C1CCOC1.CCCn1cc(-n2ccc3ccc(Cl)c(F)c32)cn1.CCCn1cc(Br)cn1.CCOC(=O)c1cccc(S)c1F.CCOC(=O)c1cccc(Sc2c(Cl)n(-c3cnn(CC)c3)c3c(F)c(Cl)ccc23)c1F.CCOC(=O)c1cccc(Sc2cn(-c3cnn(CC)c3)c3c(F)c(Cl)ccc23)c1F.Fc1c(Cl)ccc2cc[nH]c12.O.O=[N+]([O-])c1cccc(Cl)c1F.[Br-].[CH-]=C.[Li+].[Mg+2].[OH-]. The molecule has 1 fully saturated rings. The van der Waals surface area contributed by atoms with Crippen LogP contribution in [-0.4, -0.2) is 148 Å². The van der Waals surface area contributed by atoms with Crippen LogP contribution in [0.3, 0.4) is 0 Å². The van der Waals surface area contributed by atoms with Crippen LogP contribution in [-0.2, 0) is 45.1 Å². The first-order valence-electron chi connectivity index (χ1n) is 40.7. The molecule has 724 valence electrons. The van der Waals surface area contributed by atoms with E-state index in [1.807, 2.05) is 53.9 Å². The minimum Gasteiger partial charge on any atom is -1.00 e. The summed E-state index contributed by atoms with van der Waals surface area (Å²) in [5, 5.41) is 29.7. The Labute approximate surface area is 879 Å². The number of nitrogens with one attached hydrogen (secondary N) is 1. The van der Waals surface area contributed by atoms with Gasteiger partial charge in [0.05, 0.1) is 140 Å². The minimum atomic E-state index is -0.987. The van der Waals surface area contributed by atoms with E-state index in [-0.39, 0.29) is 168 Å². The van der Waals surface area contributed by atoms with Crippen molar-refractivity contribution >= 4 is 212 Å². The third-order valence-corrected chi connectivity index (χ3v) is 23.6. The van der Waals surface area contributed by atoms with Crippen LogP contribution in [0.15, 0.2) is 237 Å². The Morgan fingerprint density at radius 2 is 0.957 bits per heavy atom. The summed E-state index contributed by atoms with van der Waals surface area (Å²) >= 11 is 44.7. The number of fused-ring (bicyclic) bond motifs is 4. The van der Waals surface area contributed by atoms with Gasteiger partial charge in [-0.2, -0.15) is 24.8 Å². The number of ether oxygens (including phenoxy) is 4. The van der Waals surface area contributed by atoms with E-state index >= 15 is 13.2 Å². The van der Waals surface area contributed by atoms with Crippen molar-refractivity contribution in [3.05, 3.63) is 323 Å². The number of rotatable bonds is 20. The normalized spacial score (nSPS) is 10.8. The number of carbonyl (C=O) groups is 3. The summed E-state index contributed by atoms with van der Waals surface area (Å²) in [6.07, 6.45) is 24.0. The van der Waals surface area contributed by atoms with Gasteiger partial charge in [0.2, 0.25) is 5.82 Å². The maximum absolute atomic E-state index is 15.1. The average Bonchev–Trinajstić information content (AvgIpc) is 1.58. The number of H-pyrrole nitrogens is 1. The van der Waals surface area contributed by atoms with E-state index in [1.165, 1.54) is 72.0 Å². The van der Waals surface area contributed by atoms with Crippen LogP contribution < -0.4 is 35.8 Å². The number of nitro groups is 1. The number of nitro benzene ring substituents is 1. The fourth-order valence-corrected chi connectivity index (χ4v) is 16.3. The summed E-state index contributed by atoms with van der Waals surface area (Å²) < 4.78 is 146. The smallest absolute Gasteiger partial charge is 1.00 e. The van der Waals surface area contributed by atoms with Crippen LogP contribution in [0, 0.1) is 63.2 Å². The Morgan fingerprint density at radius 1 is 0.514 bits per heavy atom. The molecule has 17 rings (SSSR count). The Balaban J connectivity index is 0.000000345. The molecule has 8 aromatic carbocycles. The van der Waals surface area contributed by atoms with Gasteiger partial charge < -0.3 is 67.6 Å². The molecule has 0 aliphatic carbocycles. The average molecular weight is 2220 g/mol. The summed E-state index contributed by atoms with van der Waals surface area (Å²) in [6.45, 7) is 25.7. The molecule has 9 heterocycles. The summed E-state index contributed by atoms with van der Waals surface area (Å²) in [6, 6.07) is 33.5. The summed E-state index contributed by atoms with van der Waals surface area (Å²) in [4.78, 5) is 48.8. The fourth-order valence-electron chi connectivity index (χ4n) is 12.5. The molecule has 0 bridgehead atoms. The van der Waals surface area contributed by atoms with Crippen LogP contribution in [0.5, 0.6) is 0 Å². The largest absolute Gasteiger partial charge is 2.00 e. The third kappa shape index (κ3) is 31.1. The van der Waals surface area contributed by atoms with Gasteiger partial charge in [-0.25, -0.2) is 45.1 Å². The quantitative estimate of drug-likeness (QED) is 0.0105. The number of aryl methyl sites for hydroxylation is 4. The second-order valence-electron chi connectivity index (χ2n) is 27.5. The van der Waals surface area contributed by atoms with Crippen LogP contribution in [0.25, 0.3) is 60.7 Å². The van der Waals surface area contributed by atoms with E-state index in [0.717, 1.165) is 89.7 Å². The Kier molecular flexibility index (Phi) is 52.2. The number of hydrogen-bond acceptors (Lipinski definition) is 17. The van der Waals surface area contributed by atoms with E-state index in [0.29, 0.717) is 56.1 Å². The van der Waals surface area contributed by atoms with Gasteiger partial charge in [-0.15, -0.1) is 12.6 Å². The number of thiol groups is 1. The predicted octanol–water partition coefficient (Wildman–Crippen LogP) is 20.6. The van der Waals surface area contributed by atoms with Gasteiger partial charge in [-0.1, -0.05) is 143 Å². The fraction of sp³-hybridized carbons (Fsp3) is 0.215. The molecule has 138 heavy (non-hydrogen) atoms. The zero-order valence-corrected chi connectivity index (χ0v) is 86.7. The van der Waals surface area contributed by atoms with Crippen molar-refractivity contribution in [3.8, 4) is 17.1 Å². The second-order valence-corrected chi connectivity index (χ2v) is 33.4. The third-order valence-electron chi connectivity index (χ3n) is 18.7. The molecule has 0 atom stereocenters. The molecule has 1 aliphatic heterocycles. The van der Waals surface area contributed by atoms with E-state index in [1.54, 1.807) is 150 Å². The molecule has 1 saturated heterocycles. The van der Waals surface area contributed by atoms with Crippen molar-refractivity contribution in [1.29, 1.82) is 0 Å². The molecule has 16 aromatic rings. The number of benzene rings is 8. The number of esters is 3. The van der Waals surface area contributed by atoms with E-state index in [2.05, 4.69) is 85.7 Å². The molecule has 0 radical (unpaired) electrons. The van der Waals surface area contributed by atoms with E-state index in [9.17, 15) is 46.5 Å². The van der Waals surface area contributed by atoms with Crippen LogP contribution >= 0.6 is 122 Å². The molecular weight excluding hydrogens is 2130 g/mol. The molecular formula is C93H88Br2Cl6F8LiMgN13O11S3. The summed E-state index contributed by atoms with van der Waals surface area (Å²) in [5.41, 5.74) is 2.41. The van der Waals surface area contributed by atoms with E-state index < -0.39 is 69.2 Å². The van der Waals surface area contributed by atoms with Gasteiger partial charge >= 0.3 is 65.5 Å². The van der Waals surface area contributed by atoms with Gasteiger partial charge in [0, 0.05) is 130 Å². The first-order valence-corrected chi connectivity index (χ1v) is 45.8. The summed E-state index contributed by atoms with van der Waals surface area (Å²) in [5.74, 6) is -7.18. The monoisotopic (exact) mass is 2210 g/mol. The molecule has 24 nitrogen and oxygen atoms in total. The number of nitrogens with zero attached hydrogens (tertiary/aromatic N) is 12. The van der Waals surface area contributed by atoms with Gasteiger partial charge in [-0.05, 0) is 167 Å². The summed E-state index contributed by atoms with van der Waals surface area (Å²) in [7, 11) is 0. The number of hydrogen-bond donors (Lipinski definition) is 2. The number of aromatic amines is 1. The van der Waals surface area contributed by atoms with Crippen molar-refractivity contribution < 1.29 is 120 Å². The molecule has 0 spiro atoms. The van der Waals surface area contributed by atoms with Gasteiger partial charge in [0.25, 0.3) is 0 Å². The van der Waals surface area contributed by atoms with Crippen molar-refractivity contribution in [2.24, 2.45) is 0 Å². The number of halogens is 16. The van der Waals surface area contributed by atoms with Gasteiger partial charge in [-0.3, -0.25) is 40.0 Å². The van der Waals surface area contributed by atoms with Crippen molar-refractivity contribution in [2.75, 3.05) is 33.0 Å². The minimum absolute atomic E-state index is 0. The zero-order valence-electron chi connectivity index (χ0n) is 75.0. The van der Waals surface area contributed by atoms with Crippen molar-refractivity contribution in [1.82, 2.24) is 57.8 Å². The standard InChI is InChI=1S/C22H17Cl2F2N3O2S.C22H18ClF2N3O2S.C14H13ClFN3.C9H9FO2S.C8H5ClFN.C6H9BrN2.C6H3ClFNO2.C4H8O.C2H3.BrH.Li.Mg.2H2O/c1-3-28-11-12(10-27-28)29-19-14(8-9-15(23)18(19)26)20(21(29)24)32-16-7-5-6-13(17(16)25)22(30)31-4-2;1-3-27-11-13(10-26-27)28-12-18(14-8-9-16(23)20(25)21(14)28)31-17-7-5-6-15(19(17)24)22(29)30-4-2;1-2-6-18-9-11(8-17-18)19-7-5-10-3-4-12(15)13(16)14(10)19;1-2-12-9(11)6-4-3-5-7(13)8(6)10;9-6-2-1-5-3-4-11-8(5)7(6)10;1-2-3-9-5-6(7)4-8-9;7-4-2-1-3-5(6(4)8)9(10)11;1-2-4-5-3-1;1-2;;;;;/h5-11H,3-4H2,1-2H3;5-12H,3-4H2,1-2H3;3-5,7-9H,2,6H2,1H3;3-5,13H,2H2,1H3;1-4,11H;4-5H,2-3H2,1H3;1-3H;1-4H2;1H,2H2;1H;;;2*1H2/q;;;;;;;;-1;;+1;+2;;/p-2. The first kappa shape index (κ1) is 121. The van der Waals surface area contributed by atoms with Crippen LogP contribution in [0.1, 0.15) is 105 Å². The van der Waals surface area contributed by atoms with E-state index in [4.69, 9.17) is 83.8 Å².